The van der Waals surface area contributed by atoms with Crippen molar-refractivity contribution in [1.82, 2.24) is 9.80 Å². The second-order valence-electron chi connectivity index (χ2n) is 7.28. The Morgan fingerprint density at radius 3 is 2.28 bits per heavy atom. The lowest BCUT2D eigenvalue weighted by molar-refractivity contribution is 0.0595. The van der Waals surface area contributed by atoms with E-state index in [9.17, 15) is 13.2 Å². The van der Waals surface area contributed by atoms with E-state index in [0.717, 1.165) is 13.1 Å². The monoisotopic (exact) mass is 417 g/mol. The van der Waals surface area contributed by atoms with Crippen LogP contribution in [-0.4, -0.2) is 63.5 Å². The zero-order chi connectivity index (χ0) is 21.0. The molecule has 1 saturated heterocycles. The smallest absolute Gasteiger partial charge is 0.261 e. The predicted molar refractivity (Wildman–Crippen MR) is 113 cm³/mol. The molecule has 3 rings (SSSR count). The molecule has 0 radical (unpaired) electrons. The van der Waals surface area contributed by atoms with Gasteiger partial charge >= 0.3 is 0 Å². The Bertz CT molecular complexity index is 950. The molecule has 0 spiro atoms. The molecule has 156 valence electrons. The van der Waals surface area contributed by atoms with Crippen LogP contribution in [0.3, 0.4) is 0 Å². The number of ether oxygens (including phenoxy) is 1. The molecule has 1 N–H and O–H groups in total. The second-order valence-corrected chi connectivity index (χ2v) is 8.97. The summed E-state index contributed by atoms with van der Waals surface area (Å²) >= 11 is 0. The van der Waals surface area contributed by atoms with Crippen LogP contribution < -0.4 is 9.46 Å². The largest absolute Gasteiger partial charge is 0.497 e. The zero-order valence-electron chi connectivity index (χ0n) is 17.0. The number of carbonyl (C=O) groups excluding carboxylic acids is 1. The first-order valence-corrected chi connectivity index (χ1v) is 11.1. The van der Waals surface area contributed by atoms with Crippen molar-refractivity contribution in [2.45, 2.75) is 24.8 Å². The van der Waals surface area contributed by atoms with E-state index in [1.807, 2.05) is 0 Å². The Hall–Kier alpha value is -2.58. The quantitative estimate of drug-likeness (QED) is 0.782. The van der Waals surface area contributed by atoms with Crippen LogP contribution in [0.2, 0.25) is 0 Å². The molecule has 0 atom stereocenters. The summed E-state index contributed by atoms with van der Waals surface area (Å²) < 4.78 is 33.1. The minimum atomic E-state index is -3.81. The van der Waals surface area contributed by atoms with E-state index >= 15 is 0 Å². The fourth-order valence-corrected chi connectivity index (χ4v) is 4.40. The maximum Gasteiger partial charge on any atom is 0.261 e. The predicted octanol–water partition coefficient (Wildman–Crippen LogP) is 2.66. The molecule has 0 aliphatic carbocycles. The number of piperazine rings is 1. The highest BCUT2D eigenvalue weighted by molar-refractivity contribution is 7.92. The van der Waals surface area contributed by atoms with E-state index in [4.69, 9.17) is 4.74 Å². The second kappa shape index (κ2) is 8.84. The number of benzene rings is 2. The first kappa shape index (κ1) is 21.1. The lowest BCUT2D eigenvalue weighted by Gasteiger charge is -2.37. The lowest BCUT2D eigenvalue weighted by atomic mass is 10.1. The van der Waals surface area contributed by atoms with Crippen molar-refractivity contribution >= 4 is 21.6 Å². The highest BCUT2D eigenvalue weighted by atomic mass is 32.2. The fourth-order valence-electron chi connectivity index (χ4n) is 3.29. The molecule has 1 fully saturated rings. The molecule has 1 amide bonds. The minimum absolute atomic E-state index is 0.0555. The van der Waals surface area contributed by atoms with Crippen molar-refractivity contribution in [3.05, 3.63) is 54.1 Å². The fraction of sp³-hybridized carbons (Fsp3) is 0.381. The molecule has 2 aromatic rings. The summed E-state index contributed by atoms with van der Waals surface area (Å²) in [4.78, 5) is 17.0. The lowest BCUT2D eigenvalue weighted by Crippen LogP contribution is -2.50. The van der Waals surface area contributed by atoms with Crippen LogP contribution >= 0.6 is 0 Å². The molecule has 1 heterocycles. The molecule has 0 saturated carbocycles. The van der Waals surface area contributed by atoms with Crippen molar-refractivity contribution in [2.75, 3.05) is 38.0 Å². The van der Waals surface area contributed by atoms with E-state index in [0.29, 0.717) is 36.1 Å². The molecule has 1 aliphatic rings. The van der Waals surface area contributed by atoms with Gasteiger partial charge in [-0.1, -0.05) is 6.07 Å². The van der Waals surface area contributed by atoms with E-state index in [1.54, 1.807) is 48.4 Å². The number of anilines is 1. The minimum Gasteiger partial charge on any atom is -0.497 e. The Morgan fingerprint density at radius 2 is 1.69 bits per heavy atom. The Kier molecular flexibility index (Phi) is 6.44. The van der Waals surface area contributed by atoms with Gasteiger partial charge in [0.2, 0.25) is 0 Å². The number of rotatable bonds is 6. The maximum absolute atomic E-state index is 12.9. The van der Waals surface area contributed by atoms with Gasteiger partial charge in [-0.3, -0.25) is 14.4 Å². The maximum atomic E-state index is 12.9. The van der Waals surface area contributed by atoms with Crippen LogP contribution in [0, 0.1) is 0 Å². The van der Waals surface area contributed by atoms with Crippen LogP contribution in [0.15, 0.2) is 53.4 Å². The van der Waals surface area contributed by atoms with E-state index in [-0.39, 0.29) is 10.8 Å². The first-order chi connectivity index (χ1) is 13.8. The van der Waals surface area contributed by atoms with E-state index in [1.165, 1.54) is 12.1 Å². The summed E-state index contributed by atoms with van der Waals surface area (Å²) in [7, 11) is -2.26. The van der Waals surface area contributed by atoms with Gasteiger partial charge in [-0.2, -0.15) is 0 Å². The van der Waals surface area contributed by atoms with Crippen LogP contribution in [0.1, 0.15) is 24.2 Å². The third-order valence-corrected chi connectivity index (χ3v) is 6.44. The van der Waals surface area contributed by atoms with Crippen LogP contribution in [-0.2, 0) is 10.0 Å². The highest BCUT2D eigenvalue weighted by Gasteiger charge is 2.24. The van der Waals surface area contributed by atoms with Crippen LogP contribution in [0.25, 0.3) is 0 Å². The van der Waals surface area contributed by atoms with Gasteiger partial charge < -0.3 is 9.64 Å². The van der Waals surface area contributed by atoms with Gasteiger partial charge in [0.1, 0.15) is 5.75 Å². The van der Waals surface area contributed by atoms with E-state index in [2.05, 4.69) is 23.5 Å². The summed E-state index contributed by atoms with van der Waals surface area (Å²) in [6, 6.07) is 13.2. The number of carbonyl (C=O) groups is 1. The van der Waals surface area contributed by atoms with Crippen LogP contribution in [0.4, 0.5) is 5.69 Å². The SMILES string of the molecule is COc1ccc(NS(=O)(=O)c2cccc(C(=O)N3CCN(C(C)C)CC3)c2)cc1. The number of sulfonamides is 1. The number of amides is 1. The third-order valence-electron chi connectivity index (χ3n) is 5.07. The average molecular weight is 418 g/mol. The average Bonchev–Trinajstić information content (AvgIpc) is 2.73. The topological polar surface area (TPSA) is 78.9 Å². The molecule has 0 aromatic heterocycles. The molecule has 8 heteroatoms. The van der Waals surface area contributed by atoms with Gasteiger partial charge in [0, 0.05) is 43.5 Å². The highest BCUT2D eigenvalue weighted by Crippen LogP contribution is 2.21. The molecule has 0 unspecified atom stereocenters. The standard InChI is InChI=1S/C21H27N3O4S/c1-16(2)23-11-13-24(14-12-23)21(25)17-5-4-6-20(15-17)29(26,27)22-18-7-9-19(28-3)10-8-18/h4-10,15-16,22H,11-14H2,1-3H3. The molecule has 2 aromatic carbocycles. The van der Waals surface area contributed by atoms with Crippen molar-refractivity contribution in [3.63, 3.8) is 0 Å². The third kappa shape index (κ3) is 5.07. The van der Waals surface area contributed by atoms with Crippen molar-refractivity contribution < 1.29 is 17.9 Å². The molecular formula is C21H27N3O4S. The number of hydrogen-bond acceptors (Lipinski definition) is 5. The normalized spacial score (nSPS) is 15.4. The number of hydrogen-bond donors (Lipinski definition) is 1. The summed E-state index contributed by atoms with van der Waals surface area (Å²) in [6.07, 6.45) is 0. The van der Waals surface area contributed by atoms with Crippen LogP contribution in [0.5, 0.6) is 5.75 Å². The molecular weight excluding hydrogens is 390 g/mol. The number of methoxy groups -OCH3 is 1. The van der Waals surface area contributed by atoms with Gasteiger partial charge in [0.05, 0.1) is 12.0 Å². The van der Waals surface area contributed by atoms with Crippen molar-refractivity contribution in [1.29, 1.82) is 0 Å². The van der Waals surface area contributed by atoms with Gasteiger partial charge in [0.15, 0.2) is 0 Å². The van der Waals surface area contributed by atoms with E-state index < -0.39 is 10.0 Å². The van der Waals surface area contributed by atoms with Gasteiger partial charge in [-0.05, 0) is 56.3 Å². The number of nitrogens with zero attached hydrogens (tertiary/aromatic N) is 2. The number of nitrogens with one attached hydrogen (secondary N) is 1. The molecule has 1 aliphatic heterocycles. The van der Waals surface area contributed by atoms with Crippen molar-refractivity contribution in [2.24, 2.45) is 0 Å². The Morgan fingerprint density at radius 1 is 1.03 bits per heavy atom. The van der Waals surface area contributed by atoms with Crippen molar-refractivity contribution in [3.8, 4) is 5.75 Å². The summed E-state index contributed by atoms with van der Waals surface area (Å²) in [5.41, 5.74) is 0.799. The Labute approximate surface area is 172 Å². The summed E-state index contributed by atoms with van der Waals surface area (Å²) in [5, 5.41) is 0. The molecule has 0 bridgehead atoms. The Balaban J connectivity index is 1.73. The summed E-state index contributed by atoms with van der Waals surface area (Å²) in [6.45, 7) is 7.19. The molecule has 29 heavy (non-hydrogen) atoms. The van der Waals surface area contributed by atoms with Gasteiger partial charge in [-0.15, -0.1) is 0 Å². The molecule has 7 nitrogen and oxygen atoms in total. The van der Waals surface area contributed by atoms with Gasteiger partial charge in [-0.25, -0.2) is 8.42 Å². The first-order valence-electron chi connectivity index (χ1n) is 9.60. The van der Waals surface area contributed by atoms with Gasteiger partial charge in [0.25, 0.3) is 15.9 Å². The zero-order valence-corrected chi connectivity index (χ0v) is 17.8. The summed E-state index contributed by atoms with van der Waals surface area (Å²) in [5.74, 6) is 0.494.